The largest absolute Gasteiger partial charge is 0.339 e. The lowest BCUT2D eigenvalue weighted by molar-refractivity contribution is 0.0679. The van der Waals surface area contributed by atoms with E-state index in [-0.39, 0.29) is 11.9 Å². The number of carbonyl (C=O) groups excluding carboxylic acids is 1. The number of amides is 1. The van der Waals surface area contributed by atoms with Crippen molar-refractivity contribution in [3.63, 3.8) is 0 Å². The molecule has 5 nitrogen and oxygen atoms in total. The standard InChI is InChI=1S/C21H24N4O/c1-15(2)25-14-17(13-23-25)19-11-16(12-22)3-4-18(19)20(26)24-9-7-21(5-6-21)8-10-24/h3-4,11,13-15H,5-10H2,1-2H3. The van der Waals surface area contributed by atoms with Gasteiger partial charge in [-0.2, -0.15) is 10.4 Å². The summed E-state index contributed by atoms with van der Waals surface area (Å²) in [4.78, 5) is 15.2. The molecule has 26 heavy (non-hydrogen) atoms. The molecule has 0 N–H and O–H groups in total. The molecule has 2 heterocycles. The van der Waals surface area contributed by atoms with E-state index < -0.39 is 0 Å². The molecule has 4 rings (SSSR count). The topological polar surface area (TPSA) is 61.9 Å². The quantitative estimate of drug-likeness (QED) is 0.841. The van der Waals surface area contributed by atoms with Gasteiger partial charge in [0.1, 0.15) is 0 Å². The minimum Gasteiger partial charge on any atom is -0.339 e. The molecule has 0 bridgehead atoms. The second-order valence-electron chi connectivity index (χ2n) is 7.97. The van der Waals surface area contributed by atoms with E-state index in [1.54, 1.807) is 24.4 Å². The van der Waals surface area contributed by atoms with Gasteiger partial charge in [-0.05, 0) is 68.7 Å². The van der Waals surface area contributed by atoms with Gasteiger partial charge in [0, 0.05) is 36.5 Å². The van der Waals surface area contributed by atoms with Gasteiger partial charge in [0.25, 0.3) is 5.91 Å². The molecule has 134 valence electrons. The lowest BCUT2D eigenvalue weighted by Gasteiger charge is -2.32. The van der Waals surface area contributed by atoms with Gasteiger partial charge in [-0.1, -0.05) is 0 Å². The number of likely N-dealkylation sites (tertiary alicyclic amines) is 1. The number of carbonyl (C=O) groups is 1. The number of piperidine rings is 1. The molecule has 5 heteroatoms. The smallest absolute Gasteiger partial charge is 0.254 e. The van der Waals surface area contributed by atoms with Crippen LogP contribution in [0.4, 0.5) is 0 Å². The highest BCUT2D eigenvalue weighted by atomic mass is 16.2. The van der Waals surface area contributed by atoms with E-state index in [9.17, 15) is 10.1 Å². The number of rotatable bonds is 3. The van der Waals surface area contributed by atoms with Crippen LogP contribution in [0, 0.1) is 16.7 Å². The first kappa shape index (κ1) is 16.8. The van der Waals surface area contributed by atoms with Crippen molar-refractivity contribution in [2.45, 2.75) is 45.6 Å². The minimum atomic E-state index is 0.0669. The van der Waals surface area contributed by atoms with Crippen molar-refractivity contribution in [1.29, 1.82) is 5.26 Å². The van der Waals surface area contributed by atoms with Gasteiger partial charge in [0.15, 0.2) is 0 Å². The number of hydrogen-bond acceptors (Lipinski definition) is 3. The van der Waals surface area contributed by atoms with Crippen LogP contribution in [0.1, 0.15) is 61.5 Å². The molecular weight excluding hydrogens is 324 g/mol. The van der Waals surface area contributed by atoms with E-state index in [2.05, 4.69) is 25.0 Å². The Morgan fingerprint density at radius 3 is 2.54 bits per heavy atom. The van der Waals surface area contributed by atoms with E-state index >= 15 is 0 Å². The second-order valence-corrected chi connectivity index (χ2v) is 7.97. The van der Waals surface area contributed by atoms with Crippen molar-refractivity contribution >= 4 is 5.91 Å². The van der Waals surface area contributed by atoms with Gasteiger partial charge >= 0.3 is 0 Å². The van der Waals surface area contributed by atoms with E-state index in [0.29, 0.717) is 16.5 Å². The first-order valence-electron chi connectivity index (χ1n) is 9.39. The average molecular weight is 348 g/mol. The monoisotopic (exact) mass is 348 g/mol. The third-order valence-corrected chi connectivity index (χ3v) is 5.89. The molecule has 1 spiro atoms. The molecule has 1 amide bonds. The highest BCUT2D eigenvalue weighted by Gasteiger charge is 2.45. The van der Waals surface area contributed by atoms with Crippen molar-refractivity contribution in [3.05, 3.63) is 41.7 Å². The van der Waals surface area contributed by atoms with E-state index in [4.69, 9.17) is 0 Å². The molecule has 1 aromatic heterocycles. The van der Waals surface area contributed by atoms with Crippen molar-refractivity contribution in [3.8, 4) is 17.2 Å². The molecule has 2 fully saturated rings. The summed E-state index contributed by atoms with van der Waals surface area (Å²) in [5.74, 6) is 0.0669. The fraction of sp³-hybridized carbons (Fsp3) is 0.476. The molecule has 2 aliphatic rings. The average Bonchev–Trinajstić information content (AvgIpc) is 3.22. The van der Waals surface area contributed by atoms with Gasteiger partial charge in [0.2, 0.25) is 0 Å². The first-order chi connectivity index (χ1) is 12.5. The van der Waals surface area contributed by atoms with Crippen LogP contribution in [0.3, 0.4) is 0 Å². The van der Waals surface area contributed by atoms with E-state index in [0.717, 1.165) is 37.1 Å². The third kappa shape index (κ3) is 3.01. The highest BCUT2D eigenvalue weighted by Crippen LogP contribution is 2.53. The second kappa shape index (κ2) is 6.28. The summed E-state index contributed by atoms with van der Waals surface area (Å²) in [7, 11) is 0. The molecule has 0 atom stereocenters. The summed E-state index contributed by atoms with van der Waals surface area (Å²) in [6, 6.07) is 7.76. The van der Waals surface area contributed by atoms with Crippen molar-refractivity contribution in [2.75, 3.05) is 13.1 Å². The molecule has 1 aromatic carbocycles. The molecular formula is C21H24N4O. The first-order valence-corrected chi connectivity index (χ1v) is 9.39. The van der Waals surface area contributed by atoms with Crippen molar-refractivity contribution in [2.24, 2.45) is 5.41 Å². The summed E-state index contributed by atoms with van der Waals surface area (Å²) in [6.07, 6.45) is 8.62. The Kier molecular flexibility index (Phi) is 4.07. The third-order valence-electron chi connectivity index (χ3n) is 5.89. The number of hydrogen-bond donors (Lipinski definition) is 0. The molecule has 0 unspecified atom stereocenters. The maximum absolute atomic E-state index is 13.2. The molecule has 0 radical (unpaired) electrons. The Hall–Kier alpha value is -2.61. The zero-order chi connectivity index (χ0) is 18.3. The van der Waals surface area contributed by atoms with Crippen LogP contribution in [-0.4, -0.2) is 33.7 Å². The summed E-state index contributed by atoms with van der Waals surface area (Å²) < 4.78 is 1.88. The molecule has 1 saturated heterocycles. The number of aromatic nitrogens is 2. The maximum Gasteiger partial charge on any atom is 0.254 e. The Balaban J connectivity index is 1.66. The van der Waals surface area contributed by atoms with Gasteiger partial charge < -0.3 is 4.90 Å². The molecule has 2 aromatic rings. The van der Waals surface area contributed by atoms with Gasteiger partial charge in [0.05, 0.1) is 17.8 Å². The van der Waals surface area contributed by atoms with Crippen LogP contribution >= 0.6 is 0 Å². The summed E-state index contributed by atoms with van der Waals surface area (Å²) in [5.41, 5.74) is 3.45. The Morgan fingerprint density at radius 2 is 1.96 bits per heavy atom. The fourth-order valence-corrected chi connectivity index (χ4v) is 3.83. The number of nitriles is 1. The maximum atomic E-state index is 13.2. The zero-order valence-electron chi connectivity index (χ0n) is 15.4. The van der Waals surface area contributed by atoms with E-state index in [1.165, 1.54) is 12.8 Å². The predicted octanol–water partition coefficient (Wildman–Crippen LogP) is 4.02. The Morgan fingerprint density at radius 1 is 1.23 bits per heavy atom. The fourth-order valence-electron chi connectivity index (χ4n) is 3.83. The van der Waals surface area contributed by atoms with Crippen LogP contribution in [0.25, 0.3) is 11.1 Å². The van der Waals surface area contributed by atoms with Crippen LogP contribution < -0.4 is 0 Å². The zero-order valence-corrected chi connectivity index (χ0v) is 15.4. The Bertz CT molecular complexity index is 876. The van der Waals surface area contributed by atoms with Crippen LogP contribution in [0.2, 0.25) is 0 Å². The lowest BCUT2D eigenvalue weighted by Crippen LogP contribution is -2.39. The normalized spacial score (nSPS) is 18.2. The van der Waals surface area contributed by atoms with Crippen LogP contribution in [0.5, 0.6) is 0 Å². The lowest BCUT2D eigenvalue weighted by atomic mass is 9.92. The number of nitrogens with zero attached hydrogens (tertiary/aromatic N) is 4. The summed E-state index contributed by atoms with van der Waals surface area (Å²) >= 11 is 0. The Labute approximate surface area is 154 Å². The van der Waals surface area contributed by atoms with Crippen molar-refractivity contribution < 1.29 is 4.79 Å². The molecule has 1 aliphatic carbocycles. The van der Waals surface area contributed by atoms with Crippen molar-refractivity contribution in [1.82, 2.24) is 14.7 Å². The molecule has 1 aliphatic heterocycles. The van der Waals surface area contributed by atoms with Gasteiger partial charge in [-0.25, -0.2) is 0 Å². The summed E-state index contributed by atoms with van der Waals surface area (Å²) in [5, 5.41) is 13.7. The highest BCUT2D eigenvalue weighted by molar-refractivity contribution is 6.01. The summed E-state index contributed by atoms with van der Waals surface area (Å²) in [6.45, 7) is 5.80. The van der Waals surface area contributed by atoms with Gasteiger partial charge in [-0.15, -0.1) is 0 Å². The predicted molar refractivity (Wildman–Crippen MR) is 99.6 cm³/mol. The van der Waals surface area contributed by atoms with E-state index in [1.807, 2.05) is 15.8 Å². The SMILES string of the molecule is CC(C)n1cc(-c2cc(C#N)ccc2C(=O)N2CCC3(CC2)CC3)cn1. The van der Waals surface area contributed by atoms with Crippen LogP contribution in [-0.2, 0) is 0 Å². The number of benzene rings is 1. The minimum absolute atomic E-state index is 0.0669. The molecule has 1 saturated carbocycles. The van der Waals surface area contributed by atoms with Crippen LogP contribution in [0.15, 0.2) is 30.6 Å². The van der Waals surface area contributed by atoms with Gasteiger partial charge in [-0.3, -0.25) is 9.48 Å².